The van der Waals surface area contributed by atoms with Crippen molar-refractivity contribution < 1.29 is 131 Å². The molecular weight excluding hydrogens is 1610 g/mol. The molecule has 7 fully saturated rings. The number of oxime groups is 2. The summed E-state index contributed by atoms with van der Waals surface area (Å²) in [6.45, 7) is 40.1. The molecule has 7 heterocycles. The molecule has 33 nitrogen and oxygen atoms in total. The number of methoxy groups -OCH3 is 4. The van der Waals surface area contributed by atoms with E-state index in [9.17, 15) is 45.4 Å². The Morgan fingerprint density at radius 1 is 0.484 bits per heavy atom. The highest BCUT2D eigenvalue weighted by Gasteiger charge is 2.58. The number of esters is 2. The first kappa shape index (κ1) is 110. The van der Waals surface area contributed by atoms with Crippen LogP contribution in [0.1, 0.15) is 216 Å². The van der Waals surface area contributed by atoms with Gasteiger partial charge in [0.05, 0.1) is 113 Å². The number of carbonyl (C=O) groups is 2. The molecule has 0 bridgehead atoms. The number of aliphatic hydroxyl groups excluding tert-OH is 4. The number of likely N-dealkylation sites (N-methyl/N-ethyl adjacent to an activating group) is 2. The smallest absolute Gasteiger partial charge is 0.311 e. The maximum Gasteiger partial charge on any atom is 0.311 e. The average Bonchev–Trinajstić information content (AvgIpc) is 0.781. The number of aliphatic hydroxyl groups is 6. The monoisotopic (exact) mass is 1780 g/mol. The Morgan fingerprint density at radius 2 is 0.847 bits per heavy atom. The third-order valence-corrected chi connectivity index (χ3v) is 28.2. The second-order valence-corrected chi connectivity index (χ2v) is 39.4. The highest BCUT2D eigenvalue weighted by atomic mass is 16.7. The van der Waals surface area contributed by atoms with Crippen LogP contribution < -0.4 is 0 Å². The van der Waals surface area contributed by atoms with Crippen molar-refractivity contribution in [2.24, 2.45) is 57.7 Å². The van der Waals surface area contributed by atoms with E-state index in [-0.39, 0.29) is 81.2 Å². The van der Waals surface area contributed by atoms with Crippen LogP contribution in [0, 0.1) is 47.3 Å². The summed E-state index contributed by atoms with van der Waals surface area (Å²) in [5.74, 6) is -7.23. The van der Waals surface area contributed by atoms with Crippen LogP contribution in [0.4, 0.5) is 0 Å². The molecule has 0 amide bonds. The lowest BCUT2D eigenvalue weighted by Crippen LogP contribution is -2.61. The van der Waals surface area contributed by atoms with Crippen LogP contribution in [0.5, 0.6) is 0 Å². The number of cyclic esters (lactones) is 2. The minimum absolute atomic E-state index is 0.109. The zero-order chi connectivity index (χ0) is 93.4. The second-order valence-electron chi connectivity index (χ2n) is 39.4. The van der Waals surface area contributed by atoms with Crippen LogP contribution in [0.15, 0.2) is 10.3 Å². The van der Waals surface area contributed by atoms with Gasteiger partial charge in [0.15, 0.2) is 25.2 Å². The van der Waals surface area contributed by atoms with Gasteiger partial charge < -0.3 is 141 Å². The maximum absolute atomic E-state index is 14.7. The number of nitrogens with zero attached hydrogens (tertiary/aromatic N) is 6. The van der Waals surface area contributed by atoms with E-state index in [1.807, 2.05) is 149 Å². The molecule has 0 spiro atoms. The van der Waals surface area contributed by atoms with E-state index in [1.165, 1.54) is 13.8 Å². The number of rotatable bonds is 29. The fraction of sp³-hybridized carbons (Fsp3) is 0.956. The van der Waals surface area contributed by atoms with E-state index in [0.29, 0.717) is 38.4 Å². The molecule has 7 saturated heterocycles. The molecule has 17 unspecified atom stereocenters. The zero-order valence-corrected chi connectivity index (χ0v) is 81.6. The molecule has 7 N–H and O–H groups in total. The molecule has 7 aliphatic heterocycles. The summed E-state index contributed by atoms with van der Waals surface area (Å²) in [6, 6.07) is -0.545. The SMILES string of the molecule is CC[C@H]1OC(=O)[C@H](C)[C@@H](OC2CC(C)(OC)C(OCCCN(C)C)C(C)O2)[C@H](C)[C@@H](OC2OC(C)CC(N(C)C)C2O)[C@](C)(OC)C[C@@H](C)/C(=N\OCC2CCCO2)[C@H](C)[C@@H](O)[C@]1(C)O.CC[C@H]1OC(=O)[C@H](C)[C@@H](OC2CC(C)(OC)C(OCCCN(C)C)C(C)O2)[C@H](C)[C@@H](OC2OC(C)CC(N(C)C)C2O)[C@](C)(OC)C[C@@H](C)C(=NO)[C@H](C)[C@@H](O)[C@]1(C)O. The van der Waals surface area contributed by atoms with Crippen molar-refractivity contribution in [3.05, 3.63) is 0 Å². The van der Waals surface area contributed by atoms with Crippen molar-refractivity contribution in [1.29, 1.82) is 0 Å². The van der Waals surface area contributed by atoms with E-state index in [0.717, 1.165) is 38.8 Å². The third-order valence-electron chi connectivity index (χ3n) is 28.2. The van der Waals surface area contributed by atoms with Gasteiger partial charge in [-0.25, -0.2) is 0 Å². The predicted octanol–water partition coefficient (Wildman–Crippen LogP) is 8.08. The molecule has 0 radical (unpaired) electrons. The molecule has 124 heavy (non-hydrogen) atoms. The number of ether oxygens (including phenoxy) is 17. The molecule has 0 aromatic rings. The first-order valence-electron chi connectivity index (χ1n) is 45.8. The molecule has 726 valence electrons. The van der Waals surface area contributed by atoms with E-state index in [2.05, 4.69) is 20.1 Å². The Balaban J connectivity index is 0.000000385. The molecule has 0 aromatic carbocycles. The minimum atomic E-state index is -1.93. The first-order valence-corrected chi connectivity index (χ1v) is 45.8. The Morgan fingerprint density at radius 3 is 1.18 bits per heavy atom. The van der Waals surface area contributed by atoms with Gasteiger partial charge in [-0.1, -0.05) is 65.7 Å². The first-order chi connectivity index (χ1) is 57.9. The molecule has 37 atom stereocenters. The van der Waals surface area contributed by atoms with Gasteiger partial charge in [-0.15, -0.1) is 0 Å². The van der Waals surface area contributed by atoms with Gasteiger partial charge in [-0.05, 0) is 217 Å². The Bertz CT molecular complexity index is 3230. The number of hydrogen-bond donors (Lipinski definition) is 7. The summed E-state index contributed by atoms with van der Waals surface area (Å²) in [5.41, 5.74) is -7.19. The minimum Gasteiger partial charge on any atom is -0.459 e. The quantitative estimate of drug-likeness (QED) is 0.0161. The van der Waals surface area contributed by atoms with E-state index in [4.69, 9.17) is 85.4 Å². The van der Waals surface area contributed by atoms with E-state index < -0.39 is 204 Å². The van der Waals surface area contributed by atoms with Gasteiger partial charge in [0.25, 0.3) is 0 Å². The van der Waals surface area contributed by atoms with Gasteiger partial charge in [0, 0.05) is 109 Å². The number of hydrogen-bond acceptors (Lipinski definition) is 33. The lowest BCUT2D eigenvalue weighted by Gasteiger charge is -2.50. The normalized spacial score (nSPS) is 45.0. The van der Waals surface area contributed by atoms with Crippen molar-refractivity contribution in [3.8, 4) is 0 Å². The molecule has 0 aromatic heterocycles. The molecular formula is C91H170N6O27. The van der Waals surface area contributed by atoms with Crippen molar-refractivity contribution >= 4 is 23.4 Å². The van der Waals surface area contributed by atoms with Crippen LogP contribution in [0.3, 0.4) is 0 Å². The van der Waals surface area contributed by atoms with Crippen LogP contribution >= 0.6 is 0 Å². The highest BCUT2D eigenvalue weighted by molar-refractivity contribution is 5.89. The topological polar surface area (TPSA) is 380 Å². The summed E-state index contributed by atoms with van der Waals surface area (Å²) in [5, 5.41) is 90.2. The van der Waals surface area contributed by atoms with E-state index in [1.54, 1.807) is 70.0 Å². The summed E-state index contributed by atoms with van der Waals surface area (Å²) < 4.78 is 110. The summed E-state index contributed by atoms with van der Waals surface area (Å²) in [7, 11) is 22.2. The Hall–Kier alpha value is -3.12. The number of carbonyl (C=O) groups excluding carboxylic acids is 2. The highest BCUT2D eigenvalue weighted by Crippen LogP contribution is 2.47. The van der Waals surface area contributed by atoms with Crippen molar-refractivity contribution in [1.82, 2.24) is 19.6 Å². The van der Waals surface area contributed by atoms with Crippen molar-refractivity contribution in [2.75, 3.05) is 124 Å². The Labute approximate surface area is 742 Å². The zero-order valence-electron chi connectivity index (χ0n) is 81.6. The van der Waals surface area contributed by atoms with Crippen molar-refractivity contribution in [2.45, 2.75) is 390 Å². The lowest BCUT2D eigenvalue weighted by molar-refractivity contribution is -0.322. The lowest BCUT2D eigenvalue weighted by atomic mass is 9.73. The third kappa shape index (κ3) is 27.3. The van der Waals surface area contributed by atoms with Crippen LogP contribution in [-0.2, 0) is 95.0 Å². The molecule has 7 rings (SSSR count). The van der Waals surface area contributed by atoms with Gasteiger partial charge in [0.1, 0.15) is 54.4 Å². The van der Waals surface area contributed by atoms with Gasteiger partial charge in [0.2, 0.25) is 0 Å². The fourth-order valence-corrected chi connectivity index (χ4v) is 20.3. The average molecular weight is 1780 g/mol. The van der Waals surface area contributed by atoms with Gasteiger partial charge >= 0.3 is 11.9 Å². The summed E-state index contributed by atoms with van der Waals surface area (Å²) in [4.78, 5) is 43.2. The Kier molecular flexibility index (Phi) is 42.4. The summed E-state index contributed by atoms with van der Waals surface area (Å²) in [6.07, 6.45) is -11.3. The fourth-order valence-electron chi connectivity index (χ4n) is 20.3. The van der Waals surface area contributed by atoms with E-state index >= 15 is 0 Å². The van der Waals surface area contributed by atoms with Gasteiger partial charge in [-0.2, -0.15) is 0 Å². The second kappa shape index (κ2) is 48.0. The summed E-state index contributed by atoms with van der Waals surface area (Å²) >= 11 is 0. The standard InChI is InChI=1S/C48H89N3O14.C43H81N3O13/c1-17-36-48(10,55)41(53)30(4)38(49-60-27-34-20-18-22-58-34)28(2)25-46(8,56-15)42(65-45-39(52)35(51(13)14)24-29(3)61-45)31(5)40(32(6)44(54)63-36)64-37-26-47(9,57-16)43(33(7)62-37)59-23-19-21-50(11)12;1-17-31-43(10,50)36(48)26(4)33(44-51)24(2)22-41(8,52-15)37(59-40-34(47)30(46(13)14)21-25(3)55-40)27(5)35(28(6)39(49)57-31)58-32-23-42(9,53-16)38(29(7)56-32)54-20-18-19-45(11)12/h28-37,39-43,45,52-53,55H,17-27H2,1-16H3;24-32,34-38,40,47-48,50-51H,17-23H2,1-16H3/b49-38+;/t28-,29?,30+,31+,32-,33?,34?,35?,36-,37?,39?,40+,41-,42-,43?,45?,46-,47?,48-;24-,25?,26+,27+,28-,29?,30?,31-,32?,34?,35+,36-,37-,38?,40?,41-,42?,43-/m11/s1. The van der Waals surface area contributed by atoms with Crippen molar-refractivity contribution in [3.63, 3.8) is 0 Å². The predicted molar refractivity (Wildman–Crippen MR) is 467 cm³/mol. The largest absolute Gasteiger partial charge is 0.459 e. The maximum atomic E-state index is 14.7. The van der Waals surface area contributed by atoms with Crippen LogP contribution in [0.25, 0.3) is 0 Å². The molecule has 33 heteroatoms. The molecule has 0 saturated carbocycles. The van der Waals surface area contributed by atoms with Crippen LogP contribution in [0.2, 0.25) is 0 Å². The molecule has 0 aliphatic carbocycles. The molecule has 7 aliphatic rings. The van der Waals surface area contributed by atoms with Gasteiger partial charge in [-0.3, -0.25) is 9.59 Å². The van der Waals surface area contributed by atoms with Crippen LogP contribution in [-0.4, -0.2) is 378 Å².